The van der Waals surface area contributed by atoms with Crippen molar-refractivity contribution in [1.82, 2.24) is 0 Å². The number of hydrogen-bond donors (Lipinski definition) is 0. The molecular weight excluding hydrogens is 534 g/mol. The Kier molecular flexibility index (Phi) is 9.05. The highest BCUT2D eigenvalue weighted by Crippen LogP contribution is 2.37. The lowest BCUT2D eigenvalue weighted by atomic mass is 9.95. The van der Waals surface area contributed by atoms with Gasteiger partial charge < -0.3 is 14.4 Å². The van der Waals surface area contributed by atoms with Gasteiger partial charge in [0.15, 0.2) is 0 Å². The highest BCUT2D eigenvalue weighted by Gasteiger charge is 2.14. The smallest absolute Gasteiger partial charge is 0.335 e. The van der Waals surface area contributed by atoms with Crippen LogP contribution in [0.25, 0.3) is 11.6 Å². The van der Waals surface area contributed by atoms with Gasteiger partial charge in [-0.1, -0.05) is 86.0 Å². The molecule has 0 bridgehead atoms. The summed E-state index contributed by atoms with van der Waals surface area (Å²) in [6.07, 6.45) is 4.43. The number of nitrogens with zero attached hydrogens (tertiary/aromatic N) is 1. The van der Waals surface area contributed by atoms with E-state index in [1.54, 1.807) is 24.3 Å². The fraction of sp³-hybridized carbons (Fsp3) is 0. The van der Waals surface area contributed by atoms with Crippen molar-refractivity contribution >= 4 is 40.6 Å². The molecule has 0 radical (unpaired) electrons. The minimum Gasteiger partial charge on any atom is -0.423 e. The quantitative estimate of drug-likeness (QED) is 0.0735. The molecule has 0 amide bonds. The molecule has 5 aromatic rings. The van der Waals surface area contributed by atoms with Crippen molar-refractivity contribution < 1.29 is 19.1 Å². The summed E-state index contributed by atoms with van der Waals surface area (Å²) in [5, 5.41) is 0. The van der Waals surface area contributed by atoms with Gasteiger partial charge in [0.2, 0.25) is 0 Å². The maximum absolute atomic E-state index is 11.7. The van der Waals surface area contributed by atoms with Crippen molar-refractivity contribution in [3.63, 3.8) is 0 Å². The largest absolute Gasteiger partial charge is 0.423 e. The van der Waals surface area contributed by atoms with E-state index in [9.17, 15) is 9.59 Å². The zero-order valence-electron chi connectivity index (χ0n) is 23.4. The van der Waals surface area contributed by atoms with E-state index in [0.717, 1.165) is 51.5 Å². The first-order valence-electron chi connectivity index (χ1n) is 13.7. The van der Waals surface area contributed by atoms with Crippen LogP contribution in [-0.2, 0) is 9.59 Å². The molecule has 0 unspecified atom stereocenters. The maximum atomic E-state index is 11.7. The van der Waals surface area contributed by atoms with Gasteiger partial charge in [0.1, 0.15) is 11.5 Å². The van der Waals surface area contributed by atoms with Crippen LogP contribution >= 0.6 is 0 Å². The molecule has 0 saturated heterocycles. The average Bonchev–Trinajstić information content (AvgIpc) is 3.06. The normalized spacial score (nSPS) is 10.2. The zero-order chi connectivity index (χ0) is 30.0. The second-order valence-corrected chi connectivity index (χ2v) is 9.46. The lowest BCUT2D eigenvalue weighted by molar-refractivity contribution is -0.129. The molecule has 0 aromatic heterocycles. The maximum Gasteiger partial charge on any atom is 0.335 e. The Morgan fingerprint density at radius 3 is 1.26 bits per heavy atom. The summed E-state index contributed by atoms with van der Waals surface area (Å²) < 4.78 is 10.5. The number of ether oxygens (including phenoxy) is 2. The van der Waals surface area contributed by atoms with E-state index in [2.05, 4.69) is 72.7 Å². The molecule has 5 heteroatoms. The zero-order valence-corrected chi connectivity index (χ0v) is 23.4. The van der Waals surface area contributed by atoms with Crippen LogP contribution in [0.3, 0.4) is 0 Å². The molecule has 0 heterocycles. The third-order valence-corrected chi connectivity index (χ3v) is 6.59. The topological polar surface area (TPSA) is 55.8 Å². The highest BCUT2D eigenvalue weighted by atomic mass is 16.5. The van der Waals surface area contributed by atoms with Gasteiger partial charge in [-0.3, -0.25) is 0 Å². The monoisotopic (exact) mass is 563 g/mol. The Hall–Kier alpha value is -5.94. The molecule has 43 heavy (non-hydrogen) atoms. The summed E-state index contributed by atoms with van der Waals surface area (Å²) in [4.78, 5) is 25.4. The SMILES string of the molecule is C=CC(=O)Oc1ccc(N(c2ccc(C=C(c3ccccc3)c3ccccc3)cc2)c2ccc(OC(=O)C=C)cc2)cc1. The van der Waals surface area contributed by atoms with Crippen molar-refractivity contribution in [2.75, 3.05) is 4.90 Å². The third kappa shape index (κ3) is 7.23. The predicted octanol–water partition coefficient (Wildman–Crippen LogP) is 8.93. The van der Waals surface area contributed by atoms with Gasteiger partial charge in [0, 0.05) is 29.2 Å². The Labute approximate surface area is 251 Å². The van der Waals surface area contributed by atoms with E-state index in [0.29, 0.717) is 11.5 Å². The predicted molar refractivity (Wildman–Crippen MR) is 173 cm³/mol. The first-order valence-corrected chi connectivity index (χ1v) is 13.7. The van der Waals surface area contributed by atoms with Crippen LogP contribution in [0.4, 0.5) is 17.1 Å². The van der Waals surface area contributed by atoms with Gasteiger partial charge in [-0.05, 0) is 89.0 Å². The number of carbonyl (C=O) groups is 2. The first kappa shape index (κ1) is 28.6. The second kappa shape index (κ2) is 13.6. The second-order valence-electron chi connectivity index (χ2n) is 9.46. The van der Waals surface area contributed by atoms with Gasteiger partial charge in [-0.25, -0.2) is 9.59 Å². The molecule has 0 atom stereocenters. The Bertz CT molecular complexity index is 1630. The molecule has 0 aliphatic heterocycles. The summed E-state index contributed by atoms with van der Waals surface area (Å²) in [5.41, 5.74) is 7.02. The van der Waals surface area contributed by atoms with E-state index < -0.39 is 11.9 Å². The van der Waals surface area contributed by atoms with Crippen molar-refractivity contribution in [3.8, 4) is 11.5 Å². The molecular formula is C38H29NO4. The Balaban J connectivity index is 1.51. The van der Waals surface area contributed by atoms with E-state index in [1.165, 1.54) is 0 Å². The molecule has 5 nitrogen and oxygen atoms in total. The molecule has 0 aliphatic rings. The van der Waals surface area contributed by atoms with Crippen LogP contribution < -0.4 is 14.4 Å². The summed E-state index contributed by atoms with van der Waals surface area (Å²) in [6.45, 7) is 6.90. The number of anilines is 3. The number of rotatable bonds is 10. The summed E-state index contributed by atoms with van der Waals surface area (Å²) in [5.74, 6) is -0.225. The Morgan fingerprint density at radius 1 is 0.512 bits per heavy atom. The number of benzene rings is 5. The van der Waals surface area contributed by atoms with Crippen molar-refractivity contribution in [2.24, 2.45) is 0 Å². The molecule has 0 aliphatic carbocycles. The first-order chi connectivity index (χ1) is 21.0. The van der Waals surface area contributed by atoms with Crippen LogP contribution in [-0.4, -0.2) is 11.9 Å². The van der Waals surface area contributed by atoms with Crippen molar-refractivity contribution in [1.29, 1.82) is 0 Å². The molecule has 0 fully saturated rings. The van der Waals surface area contributed by atoms with E-state index in [1.807, 2.05) is 60.7 Å². The molecule has 210 valence electrons. The van der Waals surface area contributed by atoms with Gasteiger partial charge in [-0.2, -0.15) is 0 Å². The highest BCUT2D eigenvalue weighted by molar-refractivity contribution is 5.92. The minimum absolute atomic E-state index is 0.412. The standard InChI is InChI=1S/C38H29NO4/c1-3-37(40)42-34-23-19-32(20-24-34)39(33-21-25-35(26-22-33)43-38(41)4-2)31-17-15-28(16-18-31)27-36(29-11-7-5-8-12-29)30-13-9-6-10-14-30/h3-27H,1-2H2. The molecule has 5 rings (SSSR count). The van der Waals surface area contributed by atoms with Crippen LogP contribution in [0.5, 0.6) is 11.5 Å². The van der Waals surface area contributed by atoms with E-state index >= 15 is 0 Å². The minimum atomic E-state index is -0.525. The van der Waals surface area contributed by atoms with E-state index in [4.69, 9.17) is 9.47 Å². The summed E-state index contributed by atoms with van der Waals surface area (Å²) in [6, 6.07) is 43.3. The Morgan fingerprint density at radius 2 is 0.884 bits per heavy atom. The summed E-state index contributed by atoms with van der Waals surface area (Å²) >= 11 is 0. The fourth-order valence-electron chi connectivity index (χ4n) is 4.54. The van der Waals surface area contributed by atoms with Crippen LogP contribution in [0, 0.1) is 0 Å². The van der Waals surface area contributed by atoms with Gasteiger partial charge in [0.25, 0.3) is 0 Å². The van der Waals surface area contributed by atoms with Gasteiger partial charge in [-0.15, -0.1) is 0 Å². The number of hydrogen-bond acceptors (Lipinski definition) is 5. The fourth-order valence-corrected chi connectivity index (χ4v) is 4.54. The van der Waals surface area contributed by atoms with Gasteiger partial charge in [0.05, 0.1) is 0 Å². The van der Waals surface area contributed by atoms with Crippen molar-refractivity contribution in [2.45, 2.75) is 0 Å². The van der Waals surface area contributed by atoms with Crippen LogP contribution in [0.15, 0.2) is 159 Å². The lowest BCUT2D eigenvalue weighted by Crippen LogP contribution is -2.10. The van der Waals surface area contributed by atoms with Crippen LogP contribution in [0.2, 0.25) is 0 Å². The molecule has 0 saturated carbocycles. The number of esters is 2. The average molecular weight is 564 g/mol. The molecule has 0 N–H and O–H groups in total. The summed E-state index contributed by atoms with van der Waals surface area (Å²) in [7, 11) is 0. The van der Waals surface area contributed by atoms with Crippen LogP contribution in [0.1, 0.15) is 16.7 Å². The van der Waals surface area contributed by atoms with Gasteiger partial charge >= 0.3 is 11.9 Å². The van der Waals surface area contributed by atoms with E-state index in [-0.39, 0.29) is 0 Å². The number of carbonyl (C=O) groups excluding carboxylic acids is 2. The van der Waals surface area contributed by atoms with Crippen molar-refractivity contribution in [3.05, 3.63) is 175 Å². The third-order valence-electron chi connectivity index (χ3n) is 6.59. The molecule has 0 spiro atoms. The molecule has 5 aromatic carbocycles. The lowest BCUT2D eigenvalue weighted by Gasteiger charge is -2.26.